The normalized spacial score (nSPS) is 17.9. The molecule has 1 atom stereocenters. The Morgan fingerprint density at radius 1 is 1.52 bits per heavy atom. The van der Waals surface area contributed by atoms with E-state index in [1.54, 1.807) is 0 Å². The van der Waals surface area contributed by atoms with Crippen LogP contribution in [0.2, 0.25) is 0 Å². The van der Waals surface area contributed by atoms with Gasteiger partial charge in [0.2, 0.25) is 0 Å². The number of hydrogen-bond donors (Lipinski definition) is 2. The van der Waals surface area contributed by atoms with Gasteiger partial charge in [-0.1, -0.05) is 24.6 Å². The SMILES string of the molecule is CC/C(C)=C/C(=C\NC)c1ccc2c(c1)C(CC#N)CN2. The second kappa shape index (κ2) is 6.99. The average Bonchev–Trinajstić information content (AvgIpc) is 2.89. The molecule has 1 heterocycles. The zero-order valence-corrected chi connectivity index (χ0v) is 13.0. The molecule has 1 aliphatic heterocycles. The first-order valence-electron chi connectivity index (χ1n) is 7.49. The van der Waals surface area contributed by atoms with Crippen LogP contribution in [0.25, 0.3) is 5.57 Å². The number of hydrogen-bond acceptors (Lipinski definition) is 3. The molecule has 0 bridgehead atoms. The molecule has 0 spiro atoms. The summed E-state index contributed by atoms with van der Waals surface area (Å²) in [5.41, 5.74) is 6.16. The number of rotatable bonds is 5. The van der Waals surface area contributed by atoms with Crippen molar-refractivity contribution in [3.05, 3.63) is 47.2 Å². The minimum Gasteiger partial charge on any atom is -0.393 e. The van der Waals surface area contributed by atoms with E-state index in [1.807, 2.05) is 13.2 Å². The molecular weight excluding hydrogens is 258 g/mol. The molecule has 0 aromatic heterocycles. The maximum Gasteiger partial charge on any atom is 0.0628 e. The van der Waals surface area contributed by atoms with Crippen LogP contribution in [-0.2, 0) is 0 Å². The third kappa shape index (κ3) is 3.46. The highest BCUT2D eigenvalue weighted by Gasteiger charge is 2.22. The zero-order valence-electron chi connectivity index (χ0n) is 13.0. The Bertz CT molecular complexity index is 605. The summed E-state index contributed by atoms with van der Waals surface area (Å²) < 4.78 is 0. The third-order valence-corrected chi connectivity index (χ3v) is 3.96. The van der Waals surface area contributed by atoms with Gasteiger partial charge < -0.3 is 10.6 Å². The Morgan fingerprint density at radius 3 is 3.00 bits per heavy atom. The monoisotopic (exact) mass is 281 g/mol. The lowest BCUT2D eigenvalue weighted by Crippen LogP contribution is -2.00. The van der Waals surface area contributed by atoms with Crippen LogP contribution in [0.3, 0.4) is 0 Å². The van der Waals surface area contributed by atoms with E-state index in [0.29, 0.717) is 12.3 Å². The highest BCUT2D eigenvalue weighted by Crippen LogP contribution is 2.35. The van der Waals surface area contributed by atoms with Gasteiger partial charge in [0.05, 0.1) is 6.07 Å². The standard InChI is InChI=1S/C18H23N3/c1-4-13(2)9-16(11-20-3)14-5-6-18-17(10-14)15(7-8-19)12-21-18/h5-6,9-11,15,20-21H,4,7,12H2,1-3H3/b13-9+,16-11+. The smallest absolute Gasteiger partial charge is 0.0628 e. The fraction of sp³-hybridized carbons (Fsp3) is 0.389. The van der Waals surface area contributed by atoms with E-state index in [2.05, 4.69) is 54.8 Å². The molecule has 110 valence electrons. The number of nitrogens with one attached hydrogen (secondary N) is 2. The molecular formula is C18H23N3. The van der Waals surface area contributed by atoms with Crippen LogP contribution >= 0.6 is 0 Å². The van der Waals surface area contributed by atoms with Gasteiger partial charge in [-0.2, -0.15) is 5.26 Å². The number of benzene rings is 1. The Kier molecular flexibility index (Phi) is 5.05. The van der Waals surface area contributed by atoms with Gasteiger partial charge in [0.1, 0.15) is 0 Å². The van der Waals surface area contributed by atoms with Gasteiger partial charge in [-0.15, -0.1) is 0 Å². The van der Waals surface area contributed by atoms with Crippen LogP contribution in [0, 0.1) is 11.3 Å². The fourth-order valence-electron chi connectivity index (χ4n) is 2.61. The molecule has 0 fully saturated rings. The second-order valence-corrected chi connectivity index (χ2v) is 5.47. The maximum atomic E-state index is 8.96. The number of fused-ring (bicyclic) bond motifs is 1. The van der Waals surface area contributed by atoms with Gasteiger partial charge in [0.25, 0.3) is 0 Å². The molecule has 0 saturated heterocycles. The van der Waals surface area contributed by atoms with E-state index in [0.717, 1.165) is 13.0 Å². The summed E-state index contributed by atoms with van der Waals surface area (Å²) >= 11 is 0. The Labute approximate surface area is 127 Å². The van der Waals surface area contributed by atoms with Gasteiger partial charge >= 0.3 is 0 Å². The number of nitrogens with zero attached hydrogens (tertiary/aromatic N) is 1. The van der Waals surface area contributed by atoms with Crippen molar-refractivity contribution in [3.8, 4) is 6.07 Å². The Balaban J connectivity index is 2.38. The molecule has 3 heteroatoms. The van der Waals surface area contributed by atoms with Crippen molar-refractivity contribution in [1.82, 2.24) is 5.32 Å². The predicted molar refractivity (Wildman–Crippen MR) is 89.0 cm³/mol. The minimum atomic E-state index is 0.303. The van der Waals surface area contributed by atoms with Crippen LogP contribution in [0.15, 0.2) is 36.0 Å². The lowest BCUT2D eigenvalue weighted by Gasteiger charge is -2.10. The van der Waals surface area contributed by atoms with Gasteiger partial charge in [-0.05, 0) is 42.2 Å². The summed E-state index contributed by atoms with van der Waals surface area (Å²) in [6, 6.07) is 8.78. The minimum absolute atomic E-state index is 0.303. The molecule has 2 N–H and O–H groups in total. The highest BCUT2D eigenvalue weighted by molar-refractivity contribution is 5.77. The van der Waals surface area contributed by atoms with E-state index in [9.17, 15) is 0 Å². The van der Waals surface area contributed by atoms with E-state index < -0.39 is 0 Å². The average molecular weight is 281 g/mol. The number of anilines is 1. The summed E-state index contributed by atoms with van der Waals surface area (Å²) in [4.78, 5) is 0. The zero-order chi connectivity index (χ0) is 15.2. The largest absolute Gasteiger partial charge is 0.393 e. The first-order valence-corrected chi connectivity index (χ1v) is 7.49. The van der Waals surface area contributed by atoms with Crippen molar-refractivity contribution >= 4 is 11.3 Å². The summed E-state index contributed by atoms with van der Waals surface area (Å²) in [5, 5.41) is 15.5. The van der Waals surface area contributed by atoms with Crippen molar-refractivity contribution in [2.24, 2.45) is 0 Å². The van der Waals surface area contributed by atoms with Crippen molar-refractivity contribution in [3.63, 3.8) is 0 Å². The number of nitriles is 1. The number of allylic oxidation sites excluding steroid dienone is 3. The van der Waals surface area contributed by atoms with Crippen LogP contribution < -0.4 is 10.6 Å². The molecule has 1 aromatic rings. The molecule has 1 aliphatic rings. The van der Waals surface area contributed by atoms with Crippen LogP contribution in [0.4, 0.5) is 5.69 Å². The molecule has 1 unspecified atom stereocenters. The quantitative estimate of drug-likeness (QED) is 0.801. The maximum absolute atomic E-state index is 8.96. The van der Waals surface area contributed by atoms with Crippen LogP contribution in [0.1, 0.15) is 43.7 Å². The molecule has 3 nitrogen and oxygen atoms in total. The van der Waals surface area contributed by atoms with E-state index in [4.69, 9.17) is 5.26 Å². The van der Waals surface area contributed by atoms with Crippen LogP contribution in [-0.4, -0.2) is 13.6 Å². The van der Waals surface area contributed by atoms with E-state index >= 15 is 0 Å². The second-order valence-electron chi connectivity index (χ2n) is 5.47. The van der Waals surface area contributed by atoms with E-state index in [1.165, 1.54) is 28.0 Å². The Morgan fingerprint density at radius 2 is 2.33 bits per heavy atom. The van der Waals surface area contributed by atoms with Crippen molar-refractivity contribution in [2.75, 3.05) is 18.9 Å². The van der Waals surface area contributed by atoms with Gasteiger partial charge in [-0.3, -0.25) is 0 Å². The third-order valence-electron chi connectivity index (χ3n) is 3.96. The first kappa shape index (κ1) is 15.2. The first-order chi connectivity index (χ1) is 10.2. The lowest BCUT2D eigenvalue weighted by atomic mass is 9.94. The van der Waals surface area contributed by atoms with Crippen LogP contribution in [0.5, 0.6) is 0 Å². The van der Waals surface area contributed by atoms with Gasteiger partial charge in [-0.25, -0.2) is 0 Å². The topological polar surface area (TPSA) is 47.9 Å². The molecule has 0 amide bonds. The molecule has 0 radical (unpaired) electrons. The Hall–Kier alpha value is -2.21. The molecule has 21 heavy (non-hydrogen) atoms. The predicted octanol–water partition coefficient (Wildman–Crippen LogP) is 4.03. The van der Waals surface area contributed by atoms with E-state index in [-0.39, 0.29) is 0 Å². The fourth-order valence-corrected chi connectivity index (χ4v) is 2.61. The molecule has 0 aliphatic carbocycles. The van der Waals surface area contributed by atoms with Crippen molar-refractivity contribution in [1.29, 1.82) is 5.26 Å². The molecule has 2 rings (SSSR count). The summed E-state index contributed by atoms with van der Waals surface area (Å²) in [6.45, 7) is 5.18. The molecule has 0 saturated carbocycles. The highest BCUT2D eigenvalue weighted by atomic mass is 14.9. The van der Waals surface area contributed by atoms with Crippen molar-refractivity contribution < 1.29 is 0 Å². The summed E-state index contributed by atoms with van der Waals surface area (Å²) in [5.74, 6) is 0.303. The summed E-state index contributed by atoms with van der Waals surface area (Å²) in [7, 11) is 1.92. The summed E-state index contributed by atoms with van der Waals surface area (Å²) in [6.07, 6.45) is 5.87. The van der Waals surface area contributed by atoms with Gasteiger partial charge in [0.15, 0.2) is 0 Å². The molecule has 1 aromatic carbocycles. The lowest BCUT2D eigenvalue weighted by molar-refractivity contribution is 0.780. The van der Waals surface area contributed by atoms with Gasteiger partial charge in [0, 0.05) is 37.8 Å². The van der Waals surface area contributed by atoms with Crippen molar-refractivity contribution in [2.45, 2.75) is 32.6 Å².